The number of hydrogen-bond acceptors (Lipinski definition) is 4. The van der Waals surface area contributed by atoms with Gasteiger partial charge in [0, 0.05) is 25.9 Å². The van der Waals surface area contributed by atoms with Crippen molar-refractivity contribution in [3.63, 3.8) is 0 Å². The van der Waals surface area contributed by atoms with E-state index in [2.05, 4.69) is 10.3 Å². The Kier molecular flexibility index (Phi) is 3.18. The lowest BCUT2D eigenvalue weighted by atomic mass is 10.1. The molecule has 6 heteroatoms. The molecule has 1 aromatic heterocycles. The molecule has 0 saturated carbocycles. The fourth-order valence-corrected chi connectivity index (χ4v) is 1.87. The molecule has 102 valence electrons. The van der Waals surface area contributed by atoms with Crippen molar-refractivity contribution in [1.82, 2.24) is 4.57 Å². The zero-order valence-electron chi connectivity index (χ0n) is 11.5. The minimum Gasteiger partial charge on any atom is -0.444 e. The first kappa shape index (κ1) is 13.3. The van der Waals surface area contributed by atoms with Crippen molar-refractivity contribution in [2.24, 2.45) is 12.0 Å². The first-order chi connectivity index (χ1) is 8.78. The number of nitrogens with one attached hydrogen (secondary N) is 1. The first-order valence-corrected chi connectivity index (χ1v) is 6.03. The first-order valence-electron chi connectivity index (χ1n) is 6.03. The van der Waals surface area contributed by atoms with Crippen molar-refractivity contribution in [2.75, 3.05) is 5.32 Å². The molecule has 0 fully saturated rings. The van der Waals surface area contributed by atoms with E-state index in [4.69, 9.17) is 4.74 Å². The third-order valence-corrected chi connectivity index (χ3v) is 2.55. The Bertz CT molecular complexity index is 564. The molecular weight excluding hydrogens is 246 g/mol. The zero-order chi connectivity index (χ0) is 14.2. The number of anilines is 1. The number of aromatic nitrogens is 1. The van der Waals surface area contributed by atoms with Crippen LogP contribution in [0.4, 0.5) is 16.3 Å². The summed E-state index contributed by atoms with van der Waals surface area (Å²) >= 11 is 0. The summed E-state index contributed by atoms with van der Waals surface area (Å²) in [4.78, 5) is 27.8. The van der Waals surface area contributed by atoms with Gasteiger partial charge in [-0.25, -0.2) is 9.79 Å². The molecule has 6 nitrogen and oxygen atoms in total. The van der Waals surface area contributed by atoms with Crippen LogP contribution in [-0.2, 0) is 11.8 Å². The van der Waals surface area contributed by atoms with Gasteiger partial charge in [-0.1, -0.05) is 0 Å². The van der Waals surface area contributed by atoms with Gasteiger partial charge in [0.25, 0.3) is 0 Å². The number of nitrogens with zero attached hydrogens (tertiary/aromatic N) is 2. The van der Waals surface area contributed by atoms with E-state index in [-0.39, 0.29) is 12.2 Å². The fraction of sp³-hybridized carbons (Fsp3) is 0.462. The van der Waals surface area contributed by atoms with Crippen molar-refractivity contribution >= 4 is 29.6 Å². The van der Waals surface area contributed by atoms with Crippen molar-refractivity contribution in [3.8, 4) is 0 Å². The Labute approximate surface area is 111 Å². The molecule has 1 aromatic rings. The molecule has 0 aromatic carbocycles. The van der Waals surface area contributed by atoms with Gasteiger partial charge in [0.2, 0.25) is 0 Å². The number of aryl methyl sites for hydroxylation is 1. The summed E-state index contributed by atoms with van der Waals surface area (Å²) in [5.41, 5.74) is 0.297. The molecule has 0 unspecified atom stereocenters. The highest BCUT2D eigenvalue weighted by atomic mass is 16.6. The van der Waals surface area contributed by atoms with Gasteiger partial charge in [0.1, 0.15) is 11.4 Å². The zero-order valence-corrected chi connectivity index (χ0v) is 11.5. The number of carbonyl (C=O) groups excluding carboxylic acids is 2. The molecule has 0 radical (unpaired) electrons. The molecular formula is C13H17N3O3. The van der Waals surface area contributed by atoms with Gasteiger partial charge in [0.05, 0.1) is 11.3 Å². The number of fused-ring (bicyclic) bond motifs is 1. The Morgan fingerprint density at radius 1 is 1.47 bits per heavy atom. The van der Waals surface area contributed by atoms with Crippen LogP contribution >= 0.6 is 0 Å². The van der Waals surface area contributed by atoms with Crippen LogP contribution in [0.1, 0.15) is 37.6 Å². The van der Waals surface area contributed by atoms with E-state index >= 15 is 0 Å². The quantitative estimate of drug-likeness (QED) is 0.846. The Morgan fingerprint density at radius 2 is 2.16 bits per heavy atom. The fourth-order valence-electron chi connectivity index (χ4n) is 1.87. The minimum atomic E-state index is -0.582. The summed E-state index contributed by atoms with van der Waals surface area (Å²) in [5, 5.41) is 2.60. The topological polar surface area (TPSA) is 72.7 Å². The Balaban J connectivity index is 2.25. The van der Waals surface area contributed by atoms with E-state index in [0.29, 0.717) is 17.1 Å². The number of ketones is 1. The van der Waals surface area contributed by atoms with E-state index in [1.54, 1.807) is 44.8 Å². The lowest BCUT2D eigenvalue weighted by Gasteiger charge is -2.19. The van der Waals surface area contributed by atoms with E-state index in [1.165, 1.54) is 0 Å². The van der Waals surface area contributed by atoms with Gasteiger partial charge in [0.15, 0.2) is 5.78 Å². The van der Waals surface area contributed by atoms with Gasteiger partial charge in [-0.2, -0.15) is 0 Å². The summed E-state index contributed by atoms with van der Waals surface area (Å²) in [7, 11) is 1.77. The van der Waals surface area contributed by atoms with Crippen molar-refractivity contribution in [1.29, 1.82) is 0 Å². The summed E-state index contributed by atoms with van der Waals surface area (Å²) in [6.45, 7) is 5.34. The number of ether oxygens (including phenoxy) is 1. The van der Waals surface area contributed by atoms with Crippen molar-refractivity contribution < 1.29 is 14.3 Å². The largest absolute Gasteiger partial charge is 0.444 e. The summed E-state index contributed by atoms with van der Waals surface area (Å²) in [6, 6.07) is 0. The molecule has 1 aliphatic rings. The molecule has 0 saturated heterocycles. The molecule has 19 heavy (non-hydrogen) atoms. The molecule has 0 atom stereocenters. The van der Waals surface area contributed by atoms with Gasteiger partial charge in [-0.05, 0) is 20.8 Å². The van der Waals surface area contributed by atoms with Gasteiger partial charge in [-0.3, -0.25) is 10.1 Å². The normalized spacial score (nSPS) is 14.2. The Morgan fingerprint density at radius 3 is 2.79 bits per heavy atom. The van der Waals surface area contributed by atoms with E-state index in [1.807, 2.05) is 0 Å². The third-order valence-electron chi connectivity index (χ3n) is 2.55. The minimum absolute atomic E-state index is 0.0586. The number of hydrogen-bond donors (Lipinski definition) is 1. The second-order valence-electron chi connectivity index (χ2n) is 5.42. The molecule has 1 amide bonds. The summed E-state index contributed by atoms with van der Waals surface area (Å²) in [6.07, 6.45) is 2.90. The molecule has 0 spiro atoms. The average molecular weight is 263 g/mol. The summed E-state index contributed by atoms with van der Waals surface area (Å²) < 4.78 is 6.87. The highest BCUT2D eigenvalue weighted by Crippen LogP contribution is 2.32. The number of carbonyl (C=O) groups is 2. The highest BCUT2D eigenvalue weighted by Gasteiger charge is 2.25. The number of rotatable bonds is 1. The lowest BCUT2D eigenvalue weighted by molar-refractivity contribution is 0.0636. The SMILES string of the molecule is Cn1cc(NC(=O)OC(C)(C)C)c2c1N=CCC2=O. The van der Waals surface area contributed by atoms with Crippen LogP contribution in [0.2, 0.25) is 0 Å². The summed E-state index contributed by atoms with van der Waals surface area (Å²) in [5.74, 6) is 0.499. The van der Waals surface area contributed by atoms with Crippen LogP contribution in [0.5, 0.6) is 0 Å². The number of aliphatic imine (C=N–C) groups is 1. The van der Waals surface area contributed by atoms with Crippen molar-refractivity contribution in [2.45, 2.75) is 32.8 Å². The second-order valence-corrected chi connectivity index (χ2v) is 5.42. The van der Waals surface area contributed by atoms with Crippen LogP contribution in [-0.4, -0.2) is 28.3 Å². The van der Waals surface area contributed by atoms with Crippen molar-refractivity contribution in [3.05, 3.63) is 11.8 Å². The third kappa shape index (κ3) is 2.83. The lowest BCUT2D eigenvalue weighted by Crippen LogP contribution is -2.27. The van der Waals surface area contributed by atoms with Crippen LogP contribution in [0, 0.1) is 0 Å². The van der Waals surface area contributed by atoms with E-state index in [9.17, 15) is 9.59 Å². The molecule has 1 aliphatic heterocycles. The number of Topliss-reactive ketones (excluding diaryl/α,β-unsaturated/α-hetero) is 1. The Hall–Kier alpha value is -2.11. The van der Waals surface area contributed by atoms with Crippen LogP contribution in [0.25, 0.3) is 0 Å². The van der Waals surface area contributed by atoms with Gasteiger partial charge in [-0.15, -0.1) is 0 Å². The predicted molar refractivity (Wildman–Crippen MR) is 72.4 cm³/mol. The van der Waals surface area contributed by atoms with Crippen LogP contribution in [0.3, 0.4) is 0 Å². The molecule has 0 bridgehead atoms. The van der Waals surface area contributed by atoms with E-state index < -0.39 is 11.7 Å². The monoisotopic (exact) mass is 263 g/mol. The van der Waals surface area contributed by atoms with E-state index in [0.717, 1.165) is 0 Å². The molecule has 2 rings (SSSR count). The molecule has 0 aliphatic carbocycles. The standard InChI is InChI=1S/C13H17N3O3/c1-13(2,3)19-12(18)15-8-7-16(4)11-10(8)9(17)5-6-14-11/h6-7H,5H2,1-4H3,(H,15,18). The maximum absolute atomic E-state index is 11.9. The highest BCUT2D eigenvalue weighted by molar-refractivity contribution is 6.14. The number of amides is 1. The second kappa shape index (κ2) is 4.53. The van der Waals surface area contributed by atoms with Crippen LogP contribution < -0.4 is 5.32 Å². The molecule has 2 heterocycles. The van der Waals surface area contributed by atoms with Gasteiger partial charge < -0.3 is 9.30 Å². The van der Waals surface area contributed by atoms with Crippen LogP contribution in [0.15, 0.2) is 11.2 Å². The smallest absolute Gasteiger partial charge is 0.412 e. The predicted octanol–water partition coefficient (Wildman–Crippen LogP) is 2.66. The average Bonchev–Trinajstić information content (AvgIpc) is 2.54. The van der Waals surface area contributed by atoms with Gasteiger partial charge >= 0.3 is 6.09 Å². The maximum atomic E-state index is 11.9. The molecule has 1 N–H and O–H groups in total. The maximum Gasteiger partial charge on any atom is 0.412 e.